The number of aliphatic hydroxyl groups excluding tert-OH is 1. The zero-order chi connectivity index (χ0) is 6.85. The fourth-order valence-corrected chi connectivity index (χ4v) is 1.56. The van der Waals surface area contributed by atoms with Crippen LogP contribution in [-0.4, -0.2) is 11.2 Å². The van der Waals surface area contributed by atoms with Gasteiger partial charge in [-0.05, 0) is 25.2 Å². The molecule has 0 unspecified atom stereocenters. The van der Waals surface area contributed by atoms with Crippen molar-refractivity contribution in [2.45, 2.75) is 39.2 Å². The summed E-state index contributed by atoms with van der Waals surface area (Å²) in [7, 11) is 0. The molecule has 0 aliphatic heterocycles. The van der Waals surface area contributed by atoms with E-state index in [4.69, 9.17) is 5.11 Å². The summed E-state index contributed by atoms with van der Waals surface area (Å²) < 4.78 is 0. The molecule has 1 heteroatoms. The molecule has 1 N–H and O–H groups in total. The van der Waals surface area contributed by atoms with E-state index in [9.17, 15) is 0 Å². The third-order valence-corrected chi connectivity index (χ3v) is 2.26. The van der Waals surface area contributed by atoms with Crippen LogP contribution in [0.1, 0.15) is 33.1 Å². The third kappa shape index (κ3) is 1.68. The van der Waals surface area contributed by atoms with Crippen LogP contribution in [0.25, 0.3) is 0 Å². The van der Waals surface area contributed by atoms with Crippen molar-refractivity contribution in [3.05, 3.63) is 0 Å². The number of rotatable bonds is 3. The Morgan fingerprint density at radius 3 is 2.67 bits per heavy atom. The van der Waals surface area contributed by atoms with Crippen molar-refractivity contribution in [2.24, 2.45) is 11.8 Å². The summed E-state index contributed by atoms with van der Waals surface area (Å²) in [6, 6.07) is 0. The van der Waals surface area contributed by atoms with Crippen molar-refractivity contribution in [3.8, 4) is 0 Å². The zero-order valence-electron chi connectivity index (χ0n) is 6.30. The summed E-state index contributed by atoms with van der Waals surface area (Å²) in [5, 5.41) is 9.09. The van der Waals surface area contributed by atoms with Crippen LogP contribution in [0.5, 0.6) is 0 Å². The molecule has 3 atom stereocenters. The quantitative estimate of drug-likeness (QED) is 0.614. The van der Waals surface area contributed by atoms with E-state index >= 15 is 0 Å². The molecule has 0 saturated heterocycles. The third-order valence-electron chi connectivity index (χ3n) is 2.26. The van der Waals surface area contributed by atoms with E-state index in [2.05, 4.69) is 6.92 Å². The molecular weight excluding hydrogens is 112 g/mol. The van der Waals surface area contributed by atoms with Crippen LogP contribution in [0, 0.1) is 11.8 Å². The largest absolute Gasteiger partial charge is 0.393 e. The van der Waals surface area contributed by atoms with Gasteiger partial charge in [0.05, 0.1) is 6.10 Å². The van der Waals surface area contributed by atoms with Gasteiger partial charge in [-0.1, -0.05) is 19.8 Å². The number of hydrogen-bond acceptors (Lipinski definition) is 1. The molecule has 0 bridgehead atoms. The molecule has 0 heterocycles. The van der Waals surface area contributed by atoms with E-state index in [1.165, 1.54) is 19.3 Å². The Morgan fingerprint density at radius 1 is 1.67 bits per heavy atom. The van der Waals surface area contributed by atoms with Gasteiger partial charge in [-0.25, -0.2) is 0 Å². The monoisotopic (exact) mass is 128 g/mol. The van der Waals surface area contributed by atoms with Crippen molar-refractivity contribution in [1.82, 2.24) is 0 Å². The van der Waals surface area contributed by atoms with E-state index < -0.39 is 0 Å². The summed E-state index contributed by atoms with van der Waals surface area (Å²) in [6.45, 7) is 4.11. The van der Waals surface area contributed by atoms with Gasteiger partial charge >= 0.3 is 0 Å². The summed E-state index contributed by atoms with van der Waals surface area (Å²) in [5.74, 6) is 1.50. The van der Waals surface area contributed by atoms with E-state index in [1.54, 1.807) is 0 Å². The lowest BCUT2D eigenvalue weighted by molar-refractivity contribution is 0.163. The molecule has 1 aliphatic carbocycles. The van der Waals surface area contributed by atoms with Crippen molar-refractivity contribution in [3.63, 3.8) is 0 Å². The van der Waals surface area contributed by atoms with Gasteiger partial charge in [0, 0.05) is 0 Å². The predicted octanol–water partition coefficient (Wildman–Crippen LogP) is 1.80. The molecule has 54 valence electrons. The Morgan fingerprint density at radius 2 is 2.33 bits per heavy atom. The molecule has 0 aromatic carbocycles. The van der Waals surface area contributed by atoms with Gasteiger partial charge in [0.25, 0.3) is 0 Å². The minimum atomic E-state index is -0.0541. The van der Waals surface area contributed by atoms with Crippen LogP contribution in [0.4, 0.5) is 0 Å². The van der Waals surface area contributed by atoms with Crippen molar-refractivity contribution in [1.29, 1.82) is 0 Å². The lowest BCUT2D eigenvalue weighted by Crippen LogP contribution is -2.03. The second-order valence-corrected chi connectivity index (χ2v) is 3.19. The zero-order valence-corrected chi connectivity index (χ0v) is 6.30. The fraction of sp³-hybridized carbons (Fsp3) is 1.00. The molecule has 1 rings (SSSR count). The molecule has 1 saturated carbocycles. The number of hydrogen-bond donors (Lipinski definition) is 1. The van der Waals surface area contributed by atoms with Gasteiger partial charge in [0.15, 0.2) is 0 Å². The molecule has 1 aliphatic rings. The molecular formula is C8H16O. The standard InChI is InChI=1S/C8H16O/c1-3-4-7-5-8(7)6(2)9/h6-9H,3-5H2,1-2H3/t6-,7-,8+/m1/s1. The van der Waals surface area contributed by atoms with Crippen molar-refractivity contribution >= 4 is 0 Å². The molecule has 0 amide bonds. The normalized spacial score (nSPS) is 36.3. The van der Waals surface area contributed by atoms with E-state index in [0.29, 0.717) is 5.92 Å². The van der Waals surface area contributed by atoms with E-state index in [1.807, 2.05) is 6.92 Å². The first-order valence-electron chi connectivity index (χ1n) is 3.93. The Labute approximate surface area is 57.1 Å². The van der Waals surface area contributed by atoms with Gasteiger partial charge in [-0.3, -0.25) is 0 Å². The highest BCUT2D eigenvalue weighted by molar-refractivity contribution is 4.88. The highest BCUT2D eigenvalue weighted by Gasteiger charge is 2.38. The first-order valence-corrected chi connectivity index (χ1v) is 3.93. The molecule has 1 fully saturated rings. The maximum atomic E-state index is 9.09. The van der Waals surface area contributed by atoms with Crippen LogP contribution >= 0.6 is 0 Å². The van der Waals surface area contributed by atoms with Gasteiger partial charge in [0.1, 0.15) is 0 Å². The summed E-state index contributed by atoms with van der Waals surface area (Å²) in [6.07, 6.45) is 3.80. The SMILES string of the molecule is CCC[C@@H]1C[C@H]1[C@@H](C)O. The van der Waals surface area contributed by atoms with Crippen LogP contribution in [0.2, 0.25) is 0 Å². The maximum absolute atomic E-state index is 9.09. The van der Waals surface area contributed by atoms with Crippen molar-refractivity contribution < 1.29 is 5.11 Å². The summed E-state index contributed by atoms with van der Waals surface area (Å²) >= 11 is 0. The molecule has 1 nitrogen and oxygen atoms in total. The van der Waals surface area contributed by atoms with Crippen LogP contribution in [-0.2, 0) is 0 Å². The average molecular weight is 128 g/mol. The smallest absolute Gasteiger partial charge is 0.0543 e. The molecule has 0 radical (unpaired) electrons. The van der Waals surface area contributed by atoms with E-state index in [0.717, 1.165) is 5.92 Å². The van der Waals surface area contributed by atoms with Crippen LogP contribution in [0.3, 0.4) is 0 Å². The van der Waals surface area contributed by atoms with E-state index in [-0.39, 0.29) is 6.10 Å². The summed E-state index contributed by atoms with van der Waals surface area (Å²) in [4.78, 5) is 0. The van der Waals surface area contributed by atoms with Gasteiger partial charge in [-0.2, -0.15) is 0 Å². The first kappa shape index (κ1) is 7.07. The Hall–Kier alpha value is -0.0400. The lowest BCUT2D eigenvalue weighted by Gasteiger charge is -1.99. The van der Waals surface area contributed by atoms with Crippen LogP contribution in [0.15, 0.2) is 0 Å². The predicted molar refractivity (Wildman–Crippen MR) is 38.2 cm³/mol. The van der Waals surface area contributed by atoms with Gasteiger partial charge in [-0.15, -0.1) is 0 Å². The first-order chi connectivity index (χ1) is 4.25. The highest BCUT2D eigenvalue weighted by Crippen LogP contribution is 2.44. The molecule has 0 aromatic heterocycles. The second-order valence-electron chi connectivity index (χ2n) is 3.19. The molecule has 9 heavy (non-hydrogen) atoms. The Balaban J connectivity index is 2.09. The lowest BCUT2D eigenvalue weighted by atomic mass is 10.1. The Kier molecular flexibility index (Phi) is 2.12. The second kappa shape index (κ2) is 2.70. The Bertz CT molecular complexity index is 88.6. The average Bonchev–Trinajstić information content (AvgIpc) is 2.47. The minimum Gasteiger partial charge on any atom is -0.393 e. The van der Waals surface area contributed by atoms with Crippen molar-refractivity contribution in [2.75, 3.05) is 0 Å². The highest BCUT2D eigenvalue weighted by atomic mass is 16.3. The molecule has 0 aromatic rings. The van der Waals surface area contributed by atoms with Crippen LogP contribution < -0.4 is 0 Å². The fourth-order valence-electron chi connectivity index (χ4n) is 1.56. The topological polar surface area (TPSA) is 20.2 Å². The summed E-state index contributed by atoms with van der Waals surface area (Å²) in [5.41, 5.74) is 0. The molecule has 0 spiro atoms. The van der Waals surface area contributed by atoms with Gasteiger partial charge < -0.3 is 5.11 Å². The number of aliphatic hydroxyl groups is 1. The maximum Gasteiger partial charge on any atom is 0.0543 e. The van der Waals surface area contributed by atoms with Gasteiger partial charge in [0.2, 0.25) is 0 Å². The minimum absolute atomic E-state index is 0.0541.